The summed E-state index contributed by atoms with van der Waals surface area (Å²) in [6.07, 6.45) is -2.99. The molecule has 0 saturated heterocycles. The average Bonchev–Trinajstić information content (AvgIpc) is 3.11. The third-order valence-electron chi connectivity index (χ3n) is 6.56. The minimum atomic E-state index is -5.08. The predicted molar refractivity (Wildman–Crippen MR) is 150 cm³/mol. The van der Waals surface area contributed by atoms with Crippen LogP contribution >= 0.6 is 0 Å². The molecule has 1 amide bonds. The first kappa shape index (κ1) is 32.8. The SMILES string of the molecule is O=C(O)C(F)(F)F.O=C(O)CN1C(=O)[C@H](N[C@@H](CCc2ccccc2)C(=O)OCc2ccccc2)CCc2ccccc21. The van der Waals surface area contributed by atoms with Gasteiger partial charge in [-0.15, -0.1) is 0 Å². The highest BCUT2D eigenvalue weighted by Crippen LogP contribution is 2.27. The fourth-order valence-electron chi connectivity index (χ4n) is 4.47. The van der Waals surface area contributed by atoms with E-state index in [-0.39, 0.29) is 12.5 Å². The molecule has 3 N–H and O–H groups in total. The first-order valence-corrected chi connectivity index (χ1v) is 13.4. The van der Waals surface area contributed by atoms with Gasteiger partial charge in [-0.2, -0.15) is 13.2 Å². The van der Waals surface area contributed by atoms with Crippen LogP contribution < -0.4 is 10.2 Å². The minimum absolute atomic E-state index is 0.137. The Morgan fingerprint density at radius 2 is 1.47 bits per heavy atom. The van der Waals surface area contributed by atoms with Crippen LogP contribution in [0.25, 0.3) is 0 Å². The van der Waals surface area contributed by atoms with Gasteiger partial charge in [-0.25, -0.2) is 4.79 Å². The second-order valence-corrected chi connectivity index (χ2v) is 9.68. The van der Waals surface area contributed by atoms with Crippen molar-refractivity contribution in [2.75, 3.05) is 11.4 Å². The van der Waals surface area contributed by atoms with E-state index in [0.717, 1.165) is 16.7 Å². The van der Waals surface area contributed by atoms with Crippen molar-refractivity contribution in [3.63, 3.8) is 0 Å². The van der Waals surface area contributed by atoms with Crippen LogP contribution in [-0.4, -0.2) is 58.8 Å². The lowest BCUT2D eigenvalue weighted by Crippen LogP contribution is -2.53. The summed E-state index contributed by atoms with van der Waals surface area (Å²) < 4.78 is 37.4. The summed E-state index contributed by atoms with van der Waals surface area (Å²) in [4.78, 5) is 48.4. The Hall–Kier alpha value is -4.71. The molecule has 1 aliphatic rings. The van der Waals surface area contributed by atoms with Gasteiger partial charge in [0.15, 0.2) is 0 Å². The summed E-state index contributed by atoms with van der Waals surface area (Å²) in [5.41, 5.74) is 3.46. The van der Waals surface area contributed by atoms with Crippen molar-refractivity contribution in [2.24, 2.45) is 0 Å². The highest BCUT2D eigenvalue weighted by atomic mass is 19.4. The number of amides is 1. The first-order chi connectivity index (χ1) is 20.5. The minimum Gasteiger partial charge on any atom is -0.480 e. The highest BCUT2D eigenvalue weighted by Gasteiger charge is 2.38. The average molecular weight is 601 g/mol. The van der Waals surface area contributed by atoms with E-state index in [0.29, 0.717) is 31.4 Å². The molecule has 0 spiro atoms. The Bertz CT molecular complexity index is 1380. The van der Waals surface area contributed by atoms with E-state index < -0.39 is 42.7 Å². The Morgan fingerprint density at radius 1 is 0.907 bits per heavy atom. The predicted octanol–water partition coefficient (Wildman–Crippen LogP) is 4.39. The molecule has 0 bridgehead atoms. The standard InChI is InChI=1S/C29H30N2O5.C2HF3O2/c32-27(33)19-31-26-14-8-7-13-23(26)16-18-24(28(31)34)30-25(17-15-21-9-3-1-4-10-21)29(35)36-20-22-11-5-2-6-12-22;3-2(4,5)1(6)7/h1-14,24-25,30H,15-20H2,(H,32,33);(H,6,7)/t24-,25+;/m1./s1. The molecule has 0 saturated carbocycles. The number of benzene rings is 3. The van der Waals surface area contributed by atoms with Crippen molar-refractivity contribution < 1.29 is 47.3 Å². The summed E-state index contributed by atoms with van der Waals surface area (Å²) in [5, 5.41) is 19.8. The van der Waals surface area contributed by atoms with Gasteiger partial charge in [0.05, 0.1) is 6.04 Å². The van der Waals surface area contributed by atoms with Crippen molar-refractivity contribution >= 4 is 29.5 Å². The Balaban J connectivity index is 0.000000646. The van der Waals surface area contributed by atoms with Crippen LogP contribution in [0.3, 0.4) is 0 Å². The van der Waals surface area contributed by atoms with Crippen LogP contribution in [0.4, 0.5) is 18.9 Å². The number of carboxylic acid groups (broad SMARTS) is 2. The number of hydrogen-bond donors (Lipinski definition) is 3. The monoisotopic (exact) mass is 600 g/mol. The maximum absolute atomic E-state index is 13.5. The zero-order chi connectivity index (χ0) is 31.4. The van der Waals surface area contributed by atoms with Gasteiger partial charge in [0.25, 0.3) is 0 Å². The molecular weight excluding hydrogens is 569 g/mol. The molecule has 228 valence electrons. The van der Waals surface area contributed by atoms with Crippen LogP contribution in [-0.2, 0) is 43.4 Å². The van der Waals surface area contributed by atoms with E-state index in [1.807, 2.05) is 72.8 Å². The van der Waals surface area contributed by atoms with Crippen LogP contribution in [0, 0.1) is 0 Å². The van der Waals surface area contributed by atoms with Gasteiger partial charge in [0.2, 0.25) is 5.91 Å². The lowest BCUT2D eigenvalue weighted by molar-refractivity contribution is -0.192. The molecule has 1 heterocycles. The normalized spacial score (nSPS) is 15.3. The van der Waals surface area contributed by atoms with E-state index in [2.05, 4.69) is 5.32 Å². The Labute approximate surface area is 245 Å². The molecule has 3 aromatic carbocycles. The number of alkyl halides is 3. The number of aliphatic carboxylic acids is 2. The summed E-state index contributed by atoms with van der Waals surface area (Å²) in [6, 6.07) is 25.1. The maximum Gasteiger partial charge on any atom is 0.490 e. The zero-order valence-corrected chi connectivity index (χ0v) is 23.0. The van der Waals surface area contributed by atoms with Gasteiger partial charge < -0.3 is 14.9 Å². The molecule has 0 fully saturated rings. The van der Waals surface area contributed by atoms with E-state index in [9.17, 15) is 32.7 Å². The summed E-state index contributed by atoms with van der Waals surface area (Å²) in [5.74, 6) is -4.65. The maximum atomic E-state index is 13.5. The Morgan fingerprint density at radius 3 is 2.05 bits per heavy atom. The number of ether oxygens (including phenoxy) is 1. The van der Waals surface area contributed by atoms with Gasteiger partial charge in [-0.1, -0.05) is 78.9 Å². The fourth-order valence-corrected chi connectivity index (χ4v) is 4.47. The van der Waals surface area contributed by atoms with Gasteiger partial charge >= 0.3 is 24.1 Å². The number of carboxylic acids is 2. The molecular formula is C31H31F3N2O7. The van der Waals surface area contributed by atoms with Crippen molar-refractivity contribution in [1.29, 1.82) is 0 Å². The van der Waals surface area contributed by atoms with Crippen molar-refractivity contribution in [2.45, 2.75) is 50.6 Å². The number of carbonyl (C=O) groups excluding carboxylic acids is 2. The van der Waals surface area contributed by atoms with E-state index in [4.69, 9.17) is 14.6 Å². The van der Waals surface area contributed by atoms with Gasteiger partial charge in [-0.3, -0.25) is 24.6 Å². The number of fused-ring (bicyclic) bond motifs is 1. The zero-order valence-electron chi connectivity index (χ0n) is 23.0. The molecule has 0 unspecified atom stereocenters. The second kappa shape index (κ2) is 15.5. The van der Waals surface area contributed by atoms with Gasteiger partial charge in [-0.05, 0) is 48.4 Å². The van der Waals surface area contributed by atoms with Crippen LogP contribution in [0.5, 0.6) is 0 Å². The summed E-state index contributed by atoms with van der Waals surface area (Å²) >= 11 is 0. The van der Waals surface area contributed by atoms with Crippen LogP contribution in [0.15, 0.2) is 84.9 Å². The number of nitrogens with one attached hydrogen (secondary N) is 1. The molecule has 0 aromatic heterocycles. The quantitative estimate of drug-likeness (QED) is 0.292. The van der Waals surface area contributed by atoms with E-state index in [1.165, 1.54) is 4.90 Å². The van der Waals surface area contributed by atoms with Crippen molar-refractivity contribution in [3.8, 4) is 0 Å². The number of halogens is 3. The molecule has 3 aromatic rings. The third kappa shape index (κ3) is 10.3. The van der Waals surface area contributed by atoms with Crippen molar-refractivity contribution in [1.82, 2.24) is 5.32 Å². The summed E-state index contributed by atoms with van der Waals surface area (Å²) in [7, 11) is 0. The van der Waals surface area contributed by atoms with E-state index in [1.54, 1.807) is 12.1 Å². The second-order valence-electron chi connectivity index (χ2n) is 9.68. The molecule has 0 aliphatic carbocycles. The summed E-state index contributed by atoms with van der Waals surface area (Å²) in [6.45, 7) is -0.306. The van der Waals surface area contributed by atoms with Gasteiger partial charge in [0.1, 0.15) is 19.2 Å². The molecule has 0 radical (unpaired) electrons. The highest BCUT2D eigenvalue weighted by molar-refractivity contribution is 6.02. The molecule has 43 heavy (non-hydrogen) atoms. The Kier molecular flexibility index (Phi) is 11.8. The third-order valence-corrected chi connectivity index (χ3v) is 6.56. The fraction of sp³-hybridized carbons (Fsp3) is 0.290. The van der Waals surface area contributed by atoms with Crippen LogP contribution in [0.2, 0.25) is 0 Å². The number of aryl methyl sites for hydroxylation is 2. The first-order valence-electron chi connectivity index (χ1n) is 13.4. The smallest absolute Gasteiger partial charge is 0.480 e. The molecule has 4 rings (SSSR count). The topological polar surface area (TPSA) is 133 Å². The lowest BCUT2D eigenvalue weighted by atomic mass is 10.0. The van der Waals surface area contributed by atoms with Gasteiger partial charge in [0, 0.05) is 5.69 Å². The largest absolute Gasteiger partial charge is 0.490 e. The lowest BCUT2D eigenvalue weighted by Gasteiger charge is -2.27. The number of hydrogen-bond acceptors (Lipinski definition) is 6. The molecule has 9 nitrogen and oxygen atoms in total. The molecule has 1 aliphatic heterocycles. The number of nitrogens with zero attached hydrogens (tertiary/aromatic N) is 1. The van der Waals surface area contributed by atoms with Crippen LogP contribution in [0.1, 0.15) is 29.5 Å². The molecule has 12 heteroatoms. The molecule has 2 atom stereocenters. The van der Waals surface area contributed by atoms with Crippen molar-refractivity contribution in [3.05, 3.63) is 102 Å². The number of esters is 1. The number of para-hydroxylation sites is 1. The van der Waals surface area contributed by atoms with E-state index >= 15 is 0 Å². The number of carbonyl (C=O) groups is 4. The number of rotatable bonds is 10. The number of anilines is 1.